The van der Waals surface area contributed by atoms with E-state index in [-0.39, 0.29) is 5.56 Å². The highest BCUT2D eigenvalue weighted by molar-refractivity contribution is 7.16. The van der Waals surface area contributed by atoms with Crippen LogP contribution >= 0.6 is 34.5 Å². The van der Waals surface area contributed by atoms with Gasteiger partial charge in [0.2, 0.25) is 0 Å². The van der Waals surface area contributed by atoms with Gasteiger partial charge in [0.05, 0.1) is 15.6 Å². The zero-order valence-electron chi connectivity index (χ0n) is 16.2. The number of fused-ring (bicyclic) bond motifs is 1. The number of anilines is 1. The fourth-order valence-electron chi connectivity index (χ4n) is 3.28. The molecule has 0 aliphatic heterocycles. The first kappa shape index (κ1) is 20.6. The number of aromatic nitrogens is 2. The fourth-order valence-corrected chi connectivity index (χ4v) is 4.34. The summed E-state index contributed by atoms with van der Waals surface area (Å²) in [6.45, 7) is 4.20. The lowest BCUT2D eigenvalue weighted by molar-refractivity contribution is 0.0697. The molecule has 4 aromatic rings. The van der Waals surface area contributed by atoms with E-state index in [1.807, 2.05) is 24.4 Å². The topological polar surface area (TPSA) is 75.1 Å². The zero-order valence-corrected chi connectivity index (χ0v) is 18.5. The minimum Gasteiger partial charge on any atom is -0.478 e. The van der Waals surface area contributed by atoms with Crippen LogP contribution in [-0.2, 0) is 6.54 Å². The van der Waals surface area contributed by atoms with Crippen molar-refractivity contribution in [2.45, 2.75) is 20.4 Å². The molecule has 4 rings (SSSR count). The number of thiophene rings is 1. The second-order valence-corrected chi connectivity index (χ2v) is 8.59. The van der Waals surface area contributed by atoms with Crippen LogP contribution in [0.15, 0.2) is 41.9 Å². The molecule has 0 atom stereocenters. The monoisotopic (exact) mass is 457 g/mol. The van der Waals surface area contributed by atoms with E-state index >= 15 is 0 Å². The highest BCUT2D eigenvalue weighted by Gasteiger charge is 2.21. The average Bonchev–Trinajstić information content (AvgIpc) is 3.19. The molecule has 152 valence electrons. The number of carboxylic acid groups (broad SMARTS) is 1. The molecule has 2 aromatic carbocycles. The molecular formula is C22H17Cl2N3O2S. The van der Waals surface area contributed by atoms with Crippen LogP contribution in [-0.4, -0.2) is 21.0 Å². The second-order valence-electron chi connectivity index (χ2n) is 6.88. The van der Waals surface area contributed by atoms with E-state index in [0.29, 0.717) is 33.5 Å². The van der Waals surface area contributed by atoms with Gasteiger partial charge in [-0.15, -0.1) is 11.3 Å². The van der Waals surface area contributed by atoms with Gasteiger partial charge in [-0.25, -0.2) is 14.8 Å². The lowest BCUT2D eigenvalue weighted by atomic mass is 9.95. The molecule has 0 bridgehead atoms. The third kappa shape index (κ3) is 3.86. The van der Waals surface area contributed by atoms with Gasteiger partial charge in [0.1, 0.15) is 4.83 Å². The number of carbonyl (C=O) groups is 1. The molecular weight excluding hydrogens is 441 g/mol. The Hall–Kier alpha value is -2.67. The SMILES string of the molecule is Cc1c(NCc2ccc(Cl)c(Cl)c2)cc(-c2ncc3ccsc3n2)c(C(=O)O)c1C. The normalized spacial score (nSPS) is 11.1. The van der Waals surface area contributed by atoms with Crippen molar-refractivity contribution in [3.63, 3.8) is 0 Å². The lowest BCUT2D eigenvalue weighted by Crippen LogP contribution is -2.09. The Kier molecular flexibility index (Phi) is 5.64. The average molecular weight is 458 g/mol. The summed E-state index contributed by atoms with van der Waals surface area (Å²) in [4.78, 5) is 21.9. The standard InChI is InChI=1S/C22H17Cl2N3O2S/c1-11-12(2)19(22(28)29)15(20-26-10-14-5-6-30-21(14)27-20)8-18(11)25-9-13-3-4-16(23)17(24)7-13/h3-8,10,25H,9H2,1-2H3,(H,28,29). The number of nitrogens with one attached hydrogen (secondary N) is 1. The molecule has 0 saturated heterocycles. The first-order chi connectivity index (χ1) is 14.3. The summed E-state index contributed by atoms with van der Waals surface area (Å²) in [6, 6.07) is 9.19. The highest BCUT2D eigenvalue weighted by Crippen LogP contribution is 2.33. The molecule has 5 nitrogen and oxygen atoms in total. The molecule has 0 aliphatic rings. The van der Waals surface area contributed by atoms with Crippen molar-refractivity contribution in [3.8, 4) is 11.4 Å². The molecule has 2 aromatic heterocycles. The highest BCUT2D eigenvalue weighted by atomic mass is 35.5. The van der Waals surface area contributed by atoms with Crippen molar-refractivity contribution in [1.82, 2.24) is 9.97 Å². The van der Waals surface area contributed by atoms with Crippen molar-refractivity contribution in [3.05, 3.63) is 74.2 Å². The number of rotatable bonds is 5. The van der Waals surface area contributed by atoms with Gasteiger partial charge >= 0.3 is 5.97 Å². The Morgan fingerprint density at radius 2 is 1.93 bits per heavy atom. The fraction of sp³-hybridized carbons (Fsp3) is 0.136. The quantitative estimate of drug-likeness (QED) is 0.353. The predicted octanol–water partition coefficient (Wildman–Crippen LogP) is 6.59. The third-order valence-electron chi connectivity index (χ3n) is 5.03. The van der Waals surface area contributed by atoms with Crippen LogP contribution in [0.2, 0.25) is 10.0 Å². The summed E-state index contributed by atoms with van der Waals surface area (Å²) < 4.78 is 0. The van der Waals surface area contributed by atoms with Gasteiger partial charge in [0.25, 0.3) is 0 Å². The predicted molar refractivity (Wildman–Crippen MR) is 123 cm³/mol. The third-order valence-corrected chi connectivity index (χ3v) is 6.59. The molecule has 0 fully saturated rings. The summed E-state index contributed by atoms with van der Waals surface area (Å²) in [5.41, 5.74) is 4.00. The van der Waals surface area contributed by atoms with E-state index in [9.17, 15) is 9.90 Å². The Bertz CT molecular complexity index is 1290. The summed E-state index contributed by atoms with van der Waals surface area (Å²) in [6.07, 6.45) is 1.72. The van der Waals surface area contributed by atoms with Crippen molar-refractivity contribution in [2.75, 3.05) is 5.32 Å². The molecule has 0 saturated carbocycles. The first-order valence-electron chi connectivity index (χ1n) is 9.11. The summed E-state index contributed by atoms with van der Waals surface area (Å²) >= 11 is 13.6. The van der Waals surface area contributed by atoms with E-state index in [2.05, 4.69) is 15.3 Å². The van der Waals surface area contributed by atoms with E-state index in [4.69, 9.17) is 23.2 Å². The van der Waals surface area contributed by atoms with Crippen LogP contribution in [0.1, 0.15) is 27.0 Å². The minimum atomic E-state index is -1.00. The molecule has 0 aliphatic carbocycles. The molecule has 0 unspecified atom stereocenters. The largest absolute Gasteiger partial charge is 0.478 e. The second kappa shape index (κ2) is 8.22. The van der Waals surface area contributed by atoms with Crippen molar-refractivity contribution < 1.29 is 9.90 Å². The van der Waals surface area contributed by atoms with E-state index < -0.39 is 5.97 Å². The van der Waals surface area contributed by atoms with Crippen molar-refractivity contribution in [2.24, 2.45) is 0 Å². The molecule has 8 heteroatoms. The molecule has 0 radical (unpaired) electrons. The maximum absolute atomic E-state index is 12.0. The Labute approximate surface area is 187 Å². The van der Waals surface area contributed by atoms with Crippen LogP contribution in [0.25, 0.3) is 21.6 Å². The summed E-state index contributed by atoms with van der Waals surface area (Å²) in [7, 11) is 0. The van der Waals surface area contributed by atoms with Crippen molar-refractivity contribution in [1.29, 1.82) is 0 Å². The van der Waals surface area contributed by atoms with Crippen molar-refractivity contribution >= 4 is 56.4 Å². The van der Waals surface area contributed by atoms with Gasteiger partial charge in [0, 0.05) is 29.4 Å². The van der Waals surface area contributed by atoms with Gasteiger partial charge < -0.3 is 10.4 Å². The van der Waals surface area contributed by atoms with Gasteiger partial charge in [-0.1, -0.05) is 29.3 Å². The zero-order chi connectivity index (χ0) is 21.4. The molecule has 30 heavy (non-hydrogen) atoms. The number of carboxylic acids is 1. The molecule has 0 spiro atoms. The number of hydrogen-bond donors (Lipinski definition) is 2. The lowest BCUT2D eigenvalue weighted by Gasteiger charge is -2.17. The van der Waals surface area contributed by atoms with Gasteiger partial charge in [-0.2, -0.15) is 0 Å². The number of nitrogens with zero attached hydrogens (tertiary/aromatic N) is 2. The molecule has 2 N–H and O–H groups in total. The van der Waals surface area contributed by atoms with Crippen LogP contribution in [0.4, 0.5) is 5.69 Å². The smallest absolute Gasteiger partial charge is 0.336 e. The van der Waals surface area contributed by atoms with E-state index in [1.165, 1.54) is 11.3 Å². The van der Waals surface area contributed by atoms with Crippen LogP contribution < -0.4 is 5.32 Å². The van der Waals surface area contributed by atoms with Crippen LogP contribution in [0, 0.1) is 13.8 Å². The Morgan fingerprint density at radius 1 is 1.13 bits per heavy atom. The van der Waals surface area contributed by atoms with Gasteiger partial charge in [0.15, 0.2) is 5.82 Å². The minimum absolute atomic E-state index is 0.212. The Morgan fingerprint density at radius 3 is 2.67 bits per heavy atom. The first-order valence-corrected chi connectivity index (χ1v) is 10.7. The number of hydrogen-bond acceptors (Lipinski definition) is 5. The number of halogens is 2. The maximum Gasteiger partial charge on any atom is 0.336 e. The Balaban J connectivity index is 1.77. The van der Waals surface area contributed by atoms with Gasteiger partial charge in [-0.3, -0.25) is 0 Å². The van der Waals surface area contributed by atoms with E-state index in [0.717, 1.165) is 27.0 Å². The van der Waals surface area contributed by atoms with Gasteiger partial charge in [-0.05, 0) is 60.2 Å². The maximum atomic E-state index is 12.0. The number of aromatic carboxylic acids is 1. The van der Waals surface area contributed by atoms with Crippen LogP contribution in [0.3, 0.4) is 0 Å². The molecule has 0 amide bonds. The van der Waals surface area contributed by atoms with E-state index in [1.54, 1.807) is 31.3 Å². The van der Waals surface area contributed by atoms with Crippen LogP contribution in [0.5, 0.6) is 0 Å². The molecule has 2 heterocycles. The number of benzene rings is 2. The summed E-state index contributed by atoms with van der Waals surface area (Å²) in [5.74, 6) is -0.612. The summed E-state index contributed by atoms with van der Waals surface area (Å²) in [5, 5.41) is 17.1.